The Labute approximate surface area is 109 Å². The van der Waals surface area contributed by atoms with Crippen molar-refractivity contribution >= 4 is 11.5 Å². The van der Waals surface area contributed by atoms with E-state index in [2.05, 4.69) is 11.5 Å². The number of ketones is 1. The van der Waals surface area contributed by atoms with Crippen molar-refractivity contribution in [2.24, 2.45) is 0 Å². The van der Waals surface area contributed by atoms with Crippen LogP contribution in [-0.2, 0) is 0 Å². The molecule has 0 aliphatic rings. The van der Waals surface area contributed by atoms with Crippen molar-refractivity contribution in [1.82, 2.24) is 0 Å². The molecule has 0 unspecified atom stereocenters. The number of methoxy groups -OCH3 is 1. The van der Waals surface area contributed by atoms with Crippen molar-refractivity contribution in [3.05, 3.63) is 36.4 Å². The fourth-order valence-electron chi connectivity index (χ4n) is 1.95. The minimum atomic E-state index is 0.0259. The van der Waals surface area contributed by atoms with Crippen LogP contribution in [0.5, 0.6) is 5.75 Å². The van der Waals surface area contributed by atoms with Crippen LogP contribution in [0.15, 0.2) is 30.9 Å². The molecule has 0 aromatic heterocycles. The first kappa shape index (κ1) is 14.3. The highest BCUT2D eigenvalue weighted by atomic mass is 16.5. The maximum absolute atomic E-state index is 11.8. The number of rotatable bonds is 7. The molecule has 1 aromatic carbocycles. The van der Waals surface area contributed by atoms with Gasteiger partial charge in [0.05, 0.1) is 18.4 Å². The van der Waals surface area contributed by atoms with E-state index < -0.39 is 0 Å². The second-order valence-corrected chi connectivity index (χ2v) is 4.26. The number of carbonyl (C=O) groups excluding carboxylic acids is 1. The van der Waals surface area contributed by atoms with E-state index in [1.807, 2.05) is 31.3 Å². The van der Waals surface area contributed by atoms with Gasteiger partial charge in [0.15, 0.2) is 5.78 Å². The van der Waals surface area contributed by atoms with Crippen LogP contribution < -0.4 is 9.64 Å². The molecule has 0 aliphatic carbocycles. The van der Waals surface area contributed by atoms with Gasteiger partial charge in [-0.15, -0.1) is 6.58 Å². The molecular weight excluding hydrogens is 226 g/mol. The Morgan fingerprint density at radius 3 is 2.78 bits per heavy atom. The fourth-order valence-corrected chi connectivity index (χ4v) is 1.95. The van der Waals surface area contributed by atoms with Crippen molar-refractivity contribution in [2.45, 2.75) is 19.8 Å². The van der Waals surface area contributed by atoms with Gasteiger partial charge in [0.2, 0.25) is 0 Å². The lowest BCUT2D eigenvalue weighted by atomic mass is 10.1. The summed E-state index contributed by atoms with van der Waals surface area (Å²) in [5, 5.41) is 0. The number of ether oxygens (including phenoxy) is 1. The van der Waals surface area contributed by atoms with Gasteiger partial charge in [-0.05, 0) is 31.9 Å². The van der Waals surface area contributed by atoms with Crippen LogP contribution in [0.4, 0.5) is 5.69 Å². The van der Waals surface area contributed by atoms with Crippen molar-refractivity contribution in [1.29, 1.82) is 0 Å². The normalized spacial score (nSPS) is 9.94. The molecule has 0 radical (unpaired) electrons. The van der Waals surface area contributed by atoms with Gasteiger partial charge >= 0.3 is 0 Å². The van der Waals surface area contributed by atoms with E-state index in [1.165, 1.54) is 0 Å². The molecule has 0 amide bonds. The number of allylic oxidation sites excluding steroid dienone is 1. The van der Waals surface area contributed by atoms with Gasteiger partial charge in [0.25, 0.3) is 0 Å². The molecule has 0 aliphatic heterocycles. The SMILES string of the molecule is C=CCCCN(C)c1cccc(OC)c1C(C)=O. The predicted molar refractivity (Wildman–Crippen MR) is 75.7 cm³/mol. The Kier molecular flexibility index (Phi) is 5.43. The van der Waals surface area contributed by atoms with Crippen LogP contribution in [0.1, 0.15) is 30.1 Å². The first-order valence-electron chi connectivity index (χ1n) is 6.11. The quantitative estimate of drug-likeness (QED) is 0.420. The minimum Gasteiger partial charge on any atom is -0.496 e. The molecule has 0 fully saturated rings. The molecule has 3 nitrogen and oxygen atoms in total. The molecule has 0 saturated carbocycles. The number of benzene rings is 1. The van der Waals surface area contributed by atoms with Gasteiger partial charge in [-0.1, -0.05) is 12.1 Å². The lowest BCUT2D eigenvalue weighted by molar-refractivity contribution is 0.101. The van der Waals surface area contributed by atoms with E-state index in [-0.39, 0.29) is 5.78 Å². The molecule has 0 atom stereocenters. The Morgan fingerprint density at radius 2 is 2.22 bits per heavy atom. The van der Waals surface area contributed by atoms with Crippen LogP contribution in [0, 0.1) is 0 Å². The summed E-state index contributed by atoms with van der Waals surface area (Å²) in [4.78, 5) is 13.8. The average molecular weight is 247 g/mol. The number of carbonyl (C=O) groups is 1. The highest BCUT2D eigenvalue weighted by molar-refractivity contribution is 6.02. The van der Waals surface area contributed by atoms with E-state index in [9.17, 15) is 4.79 Å². The van der Waals surface area contributed by atoms with Gasteiger partial charge < -0.3 is 9.64 Å². The number of nitrogens with zero attached hydrogens (tertiary/aromatic N) is 1. The van der Waals surface area contributed by atoms with Crippen LogP contribution in [0.3, 0.4) is 0 Å². The lowest BCUT2D eigenvalue weighted by Crippen LogP contribution is -2.21. The molecule has 0 heterocycles. The van der Waals surface area contributed by atoms with Gasteiger partial charge in [0, 0.05) is 13.6 Å². The number of hydrogen-bond acceptors (Lipinski definition) is 3. The summed E-state index contributed by atoms with van der Waals surface area (Å²) >= 11 is 0. The molecule has 0 saturated heterocycles. The van der Waals surface area contributed by atoms with Crippen molar-refractivity contribution < 1.29 is 9.53 Å². The average Bonchev–Trinajstić information content (AvgIpc) is 2.37. The van der Waals surface area contributed by atoms with Crippen molar-refractivity contribution in [2.75, 3.05) is 25.6 Å². The summed E-state index contributed by atoms with van der Waals surface area (Å²) in [6, 6.07) is 5.68. The van der Waals surface area contributed by atoms with Crippen molar-refractivity contribution in [3.8, 4) is 5.75 Å². The molecule has 3 heteroatoms. The number of unbranched alkanes of at least 4 members (excludes halogenated alkanes) is 1. The van der Waals surface area contributed by atoms with E-state index in [1.54, 1.807) is 14.0 Å². The second kappa shape index (κ2) is 6.84. The summed E-state index contributed by atoms with van der Waals surface area (Å²) < 4.78 is 5.26. The lowest BCUT2D eigenvalue weighted by Gasteiger charge is -2.22. The highest BCUT2D eigenvalue weighted by Crippen LogP contribution is 2.29. The zero-order valence-electron chi connectivity index (χ0n) is 11.4. The minimum absolute atomic E-state index is 0.0259. The standard InChI is InChI=1S/C15H21NO2/c1-5-6-7-11-16(3)13-9-8-10-14(18-4)15(13)12(2)17/h5,8-10H,1,6-7,11H2,2-4H3. The van der Waals surface area contributed by atoms with E-state index in [4.69, 9.17) is 4.74 Å². The topological polar surface area (TPSA) is 29.5 Å². The van der Waals surface area contributed by atoms with E-state index in [0.717, 1.165) is 25.1 Å². The molecule has 0 N–H and O–H groups in total. The predicted octanol–water partition coefficient (Wildman–Crippen LogP) is 3.30. The van der Waals surface area contributed by atoms with Crippen molar-refractivity contribution in [3.63, 3.8) is 0 Å². The summed E-state index contributed by atoms with van der Waals surface area (Å²) in [6.45, 7) is 6.17. The molecular formula is C15H21NO2. The highest BCUT2D eigenvalue weighted by Gasteiger charge is 2.15. The largest absolute Gasteiger partial charge is 0.496 e. The third-order valence-electron chi connectivity index (χ3n) is 2.89. The molecule has 0 spiro atoms. The monoisotopic (exact) mass is 247 g/mol. The summed E-state index contributed by atoms with van der Waals surface area (Å²) in [5.41, 5.74) is 1.58. The zero-order valence-corrected chi connectivity index (χ0v) is 11.4. The number of hydrogen-bond donors (Lipinski definition) is 0. The van der Waals surface area contributed by atoms with Gasteiger partial charge in [-0.3, -0.25) is 4.79 Å². The number of anilines is 1. The number of Topliss-reactive ketones (excluding diaryl/α,β-unsaturated/α-hetero) is 1. The maximum Gasteiger partial charge on any atom is 0.165 e. The Balaban J connectivity index is 2.99. The molecule has 98 valence electrons. The Bertz CT molecular complexity index is 427. The maximum atomic E-state index is 11.8. The summed E-state index contributed by atoms with van der Waals surface area (Å²) in [7, 11) is 3.58. The summed E-state index contributed by atoms with van der Waals surface area (Å²) in [6.07, 6.45) is 3.91. The van der Waals surface area contributed by atoms with Gasteiger partial charge in [-0.25, -0.2) is 0 Å². The first-order chi connectivity index (χ1) is 8.61. The molecule has 18 heavy (non-hydrogen) atoms. The second-order valence-electron chi connectivity index (χ2n) is 4.26. The zero-order chi connectivity index (χ0) is 13.5. The molecule has 1 aromatic rings. The van der Waals surface area contributed by atoms with Crippen LogP contribution >= 0.6 is 0 Å². The third kappa shape index (κ3) is 3.36. The summed E-state index contributed by atoms with van der Waals surface area (Å²) in [5.74, 6) is 0.661. The smallest absolute Gasteiger partial charge is 0.165 e. The fraction of sp³-hybridized carbons (Fsp3) is 0.400. The molecule has 1 rings (SSSR count). The molecule has 0 bridgehead atoms. The van der Waals surface area contributed by atoms with Crippen LogP contribution in [-0.4, -0.2) is 26.5 Å². The first-order valence-corrected chi connectivity index (χ1v) is 6.11. The van der Waals surface area contributed by atoms with Crippen LogP contribution in [0.2, 0.25) is 0 Å². The Morgan fingerprint density at radius 1 is 1.50 bits per heavy atom. The Hall–Kier alpha value is -1.77. The van der Waals surface area contributed by atoms with Gasteiger partial charge in [0.1, 0.15) is 5.75 Å². The van der Waals surface area contributed by atoms with E-state index >= 15 is 0 Å². The van der Waals surface area contributed by atoms with Crippen LogP contribution in [0.25, 0.3) is 0 Å². The third-order valence-corrected chi connectivity index (χ3v) is 2.89. The van der Waals surface area contributed by atoms with E-state index in [0.29, 0.717) is 11.3 Å². The van der Waals surface area contributed by atoms with Gasteiger partial charge in [-0.2, -0.15) is 0 Å².